The van der Waals surface area contributed by atoms with Crippen molar-refractivity contribution < 1.29 is 29.0 Å². The molecule has 0 saturated heterocycles. The number of anilines is 2. The van der Waals surface area contributed by atoms with E-state index in [1.807, 2.05) is 130 Å². The van der Waals surface area contributed by atoms with Crippen LogP contribution in [0.4, 0.5) is 21.0 Å². The van der Waals surface area contributed by atoms with Gasteiger partial charge < -0.3 is 36.4 Å². The highest BCUT2D eigenvalue weighted by atomic mass is 28.2. The van der Waals surface area contributed by atoms with Gasteiger partial charge in [-0.15, -0.1) is 0 Å². The third kappa shape index (κ3) is 34.5. The largest absolute Gasteiger partial charge is 0.478 e. The number of hydrogen-bond acceptors (Lipinski definition) is 6. The van der Waals surface area contributed by atoms with Crippen LogP contribution in [0.5, 0.6) is 0 Å². The Morgan fingerprint density at radius 1 is 0.600 bits per heavy atom. The molecule has 0 saturated carbocycles. The van der Waals surface area contributed by atoms with Crippen LogP contribution in [0.15, 0.2) is 84.9 Å². The first-order valence-corrected chi connectivity index (χ1v) is 19.8. The number of carboxylic acids is 1. The zero-order valence-corrected chi connectivity index (χ0v) is 34.7. The fourth-order valence-corrected chi connectivity index (χ4v) is 2.65. The second kappa shape index (κ2) is 38.6. The Bertz CT molecular complexity index is 1230. The molecule has 0 unspecified atom stereocenters. The van der Waals surface area contributed by atoms with Crippen molar-refractivity contribution in [3.63, 3.8) is 0 Å². The summed E-state index contributed by atoms with van der Waals surface area (Å²) < 4.78 is 4.84. The van der Waals surface area contributed by atoms with Crippen molar-refractivity contribution in [3.05, 3.63) is 96.1 Å². The van der Waals surface area contributed by atoms with Gasteiger partial charge in [-0.05, 0) is 57.2 Å². The Morgan fingerprint density at radius 3 is 1.26 bits per heavy atom. The quantitative estimate of drug-likeness (QED) is 0.148. The van der Waals surface area contributed by atoms with Gasteiger partial charge >= 0.3 is 18.1 Å². The molecular formula is C38H67N5O6Si. The summed E-state index contributed by atoms with van der Waals surface area (Å²) in [6.07, 6.45) is -0.387. The Morgan fingerprint density at radius 2 is 0.980 bits per heavy atom. The summed E-state index contributed by atoms with van der Waals surface area (Å²) in [5.41, 5.74) is 1.76. The van der Waals surface area contributed by atoms with Crippen LogP contribution in [0, 0.1) is 0 Å². The molecule has 3 rings (SSSR count). The molecule has 0 aliphatic rings. The van der Waals surface area contributed by atoms with Gasteiger partial charge in [0.15, 0.2) is 0 Å². The van der Waals surface area contributed by atoms with Gasteiger partial charge in [-0.3, -0.25) is 4.79 Å². The highest BCUT2D eigenvalue weighted by molar-refractivity contribution is 6.31. The van der Waals surface area contributed by atoms with Gasteiger partial charge in [0.1, 0.15) is 5.60 Å². The smallest absolute Gasteiger partial charge is 0.407 e. The minimum absolute atomic E-state index is 0.0156. The van der Waals surface area contributed by atoms with E-state index in [1.54, 1.807) is 19.2 Å². The first kappa shape index (κ1) is 54.6. The number of carbonyl (C=O) groups is 4. The molecule has 4 amide bonds. The molecule has 0 aromatic heterocycles. The Balaban J connectivity index is -0.000000169. The summed E-state index contributed by atoms with van der Waals surface area (Å²) in [6.45, 7) is 22.0. The number of nitrogens with one attached hydrogen (secondary N) is 5. The molecule has 284 valence electrons. The summed E-state index contributed by atoms with van der Waals surface area (Å²) in [7, 11) is 6.91. The van der Waals surface area contributed by atoms with Gasteiger partial charge in [-0.1, -0.05) is 103 Å². The fraction of sp³-hybridized carbons (Fsp3) is 0.421. The maximum atomic E-state index is 11.2. The zero-order chi connectivity index (χ0) is 40.0. The number of alkyl carbamates (subject to hydrolysis) is 1. The maximum absolute atomic E-state index is 11.2. The van der Waals surface area contributed by atoms with Crippen molar-refractivity contribution in [2.45, 2.75) is 81.0 Å². The monoisotopic (exact) mass is 717 g/mol. The molecule has 50 heavy (non-hydrogen) atoms. The average Bonchev–Trinajstić information content (AvgIpc) is 3.15. The van der Waals surface area contributed by atoms with Crippen LogP contribution in [0.2, 0.25) is 13.1 Å². The summed E-state index contributed by atoms with van der Waals surface area (Å²) in [6, 6.07) is 25.2. The third-order valence-corrected chi connectivity index (χ3v) is 4.55. The van der Waals surface area contributed by atoms with E-state index in [0.717, 1.165) is 11.4 Å². The molecule has 0 heterocycles. The second-order valence-corrected chi connectivity index (χ2v) is 11.0. The minimum atomic E-state index is -1.10. The molecule has 0 radical (unpaired) electrons. The van der Waals surface area contributed by atoms with Crippen LogP contribution < -0.4 is 26.6 Å². The van der Waals surface area contributed by atoms with Crippen molar-refractivity contribution in [2.75, 3.05) is 38.8 Å². The number of carboxylic acid groups (broad SMARTS) is 1. The number of urea groups is 1. The molecule has 6 N–H and O–H groups in total. The summed E-state index contributed by atoms with van der Waals surface area (Å²) >= 11 is 0. The molecule has 11 nitrogen and oxygen atoms in total. The molecular weight excluding hydrogens is 651 g/mol. The van der Waals surface area contributed by atoms with Crippen molar-refractivity contribution in [1.82, 2.24) is 16.0 Å². The highest BCUT2D eigenvalue weighted by Crippen LogP contribution is 2.08. The van der Waals surface area contributed by atoms with Crippen LogP contribution in [-0.4, -0.2) is 72.4 Å². The lowest BCUT2D eigenvalue weighted by molar-refractivity contribution is 0.0540. The van der Waals surface area contributed by atoms with Gasteiger partial charge in [0.05, 0.1) is 11.1 Å². The second-order valence-electron chi connectivity index (χ2n) is 9.58. The van der Waals surface area contributed by atoms with Crippen molar-refractivity contribution in [1.29, 1.82) is 0 Å². The van der Waals surface area contributed by atoms with Gasteiger partial charge in [0, 0.05) is 49.1 Å². The molecule has 0 bridgehead atoms. The molecule has 3 aromatic carbocycles. The maximum Gasteiger partial charge on any atom is 0.407 e. The number of hydrogen-bond donors (Lipinski definition) is 6. The lowest BCUT2D eigenvalue weighted by atomic mass is 10.1. The summed E-state index contributed by atoms with van der Waals surface area (Å²) in [5.74, 6) is -1.49. The molecule has 0 aliphatic heterocycles. The number of benzene rings is 3. The van der Waals surface area contributed by atoms with Crippen molar-refractivity contribution in [3.8, 4) is 0 Å². The third-order valence-electron chi connectivity index (χ3n) is 4.55. The average molecular weight is 718 g/mol. The van der Waals surface area contributed by atoms with Crippen LogP contribution >= 0.6 is 0 Å². The number of carbonyl (C=O) groups excluding carboxylic acids is 3. The van der Waals surface area contributed by atoms with Crippen LogP contribution in [0.25, 0.3) is 0 Å². The molecule has 0 spiro atoms. The summed E-state index contributed by atoms with van der Waals surface area (Å²) in [4.78, 5) is 43.1. The highest BCUT2D eigenvalue weighted by Gasteiger charge is 2.14. The molecule has 0 fully saturated rings. The topological polar surface area (TPSA) is 158 Å². The van der Waals surface area contributed by atoms with E-state index in [9.17, 15) is 19.2 Å². The Labute approximate surface area is 305 Å². The SMILES string of the molecule is CC.CC.CC.CNC(=O)Nc1ccccc1.CNC(=O)OC(C)(C)C.CNC(=O)c1ccccc1C(=O)O.CNc1ccccc1.C[SiH2]C. The van der Waals surface area contributed by atoms with E-state index in [2.05, 4.69) is 39.7 Å². The van der Waals surface area contributed by atoms with E-state index in [-0.39, 0.29) is 28.9 Å². The predicted octanol–water partition coefficient (Wildman–Crippen LogP) is 8.38. The predicted molar refractivity (Wildman–Crippen MR) is 217 cm³/mol. The molecule has 3 aromatic rings. The number of amides is 4. The fourth-order valence-electron chi connectivity index (χ4n) is 2.65. The van der Waals surface area contributed by atoms with Gasteiger partial charge in [0.25, 0.3) is 5.91 Å². The first-order chi connectivity index (χ1) is 23.8. The molecule has 0 atom stereocenters. The van der Waals surface area contributed by atoms with E-state index in [0.29, 0.717) is 9.52 Å². The molecule has 12 heteroatoms. The number of ether oxygens (including phenoxy) is 1. The van der Waals surface area contributed by atoms with Crippen LogP contribution in [0.3, 0.4) is 0 Å². The Hall–Kier alpha value is -4.84. The number of para-hydroxylation sites is 2. The van der Waals surface area contributed by atoms with E-state index in [1.165, 1.54) is 26.2 Å². The van der Waals surface area contributed by atoms with E-state index >= 15 is 0 Å². The lowest BCUT2D eigenvalue weighted by Crippen LogP contribution is -2.30. The van der Waals surface area contributed by atoms with E-state index < -0.39 is 11.9 Å². The van der Waals surface area contributed by atoms with E-state index in [4.69, 9.17) is 9.84 Å². The summed E-state index contributed by atoms with van der Waals surface area (Å²) in [5, 5.41) is 21.6. The van der Waals surface area contributed by atoms with Crippen molar-refractivity contribution in [2.24, 2.45) is 0 Å². The van der Waals surface area contributed by atoms with Crippen molar-refractivity contribution >= 4 is 44.9 Å². The normalized spacial score (nSPS) is 8.38. The number of aromatic carboxylic acids is 1. The van der Waals surface area contributed by atoms with Gasteiger partial charge in [-0.2, -0.15) is 0 Å². The zero-order valence-electron chi connectivity index (χ0n) is 33.3. The Kier molecular flexibility index (Phi) is 42.2. The lowest BCUT2D eigenvalue weighted by Gasteiger charge is -2.18. The minimum Gasteiger partial charge on any atom is -0.478 e. The first-order valence-electron chi connectivity index (χ1n) is 17.0. The standard InChI is InChI=1S/C9H9NO3.C8H10N2O.C7H9N.C6H13NO2.C2H8Si.3C2H6/c1-10-8(11)6-4-2-3-5-7(6)9(12)13;1-9-8(11)10-7-5-3-2-4-6-7;1-8-7-5-3-2-4-6-7;1-6(2,3)9-5(8)7-4;1-3-2;3*1-2/h2-5H,1H3,(H,10,11)(H,12,13);2-6H,1H3,(H2,9,10,11);2-6,8H,1H3;1-4H3,(H,7,8);3H2,1-2H3;3*1-2H3. The van der Waals surface area contributed by atoms with Gasteiger partial charge in [-0.25, -0.2) is 14.4 Å². The van der Waals surface area contributed by atoms with Crippen LogP contribution in [0.1, 0.15) is 83.0 Å². The van der Waals surface area contributed by atoms with Gasteiger partial charge in [0.2, 0.25) is 0 Å². The van der Waals surface area contributed by atoms with Crippen LogP contribution in [-0.2, 0) is 4.74 Å². The number of rotatable bonds is 4. The molecule has 0 aliphatic carbocycles.